The summed E-state index contributed by atoms with van der Waals surface area (Å²) in [4.78, 5) is 1.22. The predicted molar refractivity (Wildman–Crippen MR) is 83.7 cm³/mol. The maximum atomic E-state index is 13.8. The summed E-state index contributed by atoms with van der Waals surface area (Å²) in [7, 11) is 1.88. The van der Waals surface area contributed by atoms with Crippen LogP contribution in [-0.4, -0.2) is 7.05 Å². The third-order valence-corrected chi connectivity index (χ3v) is 5.04. The van der Waals surface area contributed by atoms with Gasteiger partial charge in [-0.05, 0) is 60.1 Å². The van der Waals surface area contributed by atoms with Gasteiger partial charge in [0.05, 0.1) is 3.79 Å². The van der Waals surface area contributed by atoms with Crippen LogP contribution in [0.2, 0.25) is 5.02 Å². The number of halogens is 3. The van der Waals surface area contributed by atoms with Crippen molar-refractivity contribution in [3.05, 3.63) is 54.9 Å². The Kier molecular flexibility index (Phi) is 5.01. The highest BCUT2D eigenvalue weighted by molar-refractivity contribution is 9.11. The topological polar surface area (TPSA) is 12.0 Å². The smallest absolute Gasteiger partial charge is 0.127 e. The third-order valence-electron chi connectivity index (χ3n) is 3.12. The van der Waals surface area contributed by atoms with Crippen LogP contribution in [0.4, 0.5) is 4.39 Å². The highest BCUT2D eigenvalue weighted by Crippen LogP contribution is 2.33. The Hall–Kier alpha value is -0.420. The van der Waals surface area contributed by atoms with E-state index in [4.69, 9.17) is 11.6 Å². The molecule has 102 valence electrons. The number of aryl methyl sites for hydroxylation is 1. The molecule has 0 aliphatic heterocycles. The van der Waals surface area contributed by atoms with E-state index in [2.05, 4.69) is 34.2 Å². The molecule has 0 spiro atoms. The van der Waals surface area contributed by atoms with Crippen molar-refractivity contribution in [3.8, 4) is 0 Å². The molecule has 5 heteroatoms. The van der Waals surface area contributed by atoms with Gasteiger partial charge < -0.3 is 5.32 Å². The van der Waals surface area contributed by atoms with E-state index in [1.54, 1.807) is 23.5 Å². The molecule has 0 saturated carbocycles. The molecule has 2 rings (SSSR count). The Balaban J connectivity index is 2.32. The molecule has 0 amide bonds. The predicted octanol–water partition coefficient (Wildman–Crippen LogP) is 5.11. The molecule has 1 heterocycles. The average Bonchev–Trinajstić information content (AvgIpc) is 2.68. The number of hydrogen-bond acceptors (Lipinski definition) is 2. The molecule has 1 N–H and O–H groups in total. The van der Waals surface area contributed by atoms with Crippen LogP contribution < -0.4 is 5.32 Å². The summed E-state index contributed by atoms with van der Waals surface area (Å²) in [6.07, 6.45) is 0.534. The van der Waals surface area contributed by atoms with E-state index in [-0.39, 0.29) is 11.9 Å². The summed E-state index contributed by atoms with van der Waals surface area (Å²) in [6.45, 7) is 2.07. The lowest BCUT2D eigenvalue weighted by Crippen LogP contribution is -2.19. The summed E-state index contributed by atoms with van der Waals surface area (Å²) in [5, 5.41) is 3.71. The van der Waals surface area contributed by atoms with Gasteiger partial charge in [0.25, 0.3) is 0 Å². The molecule has 0 aliphatic rings. The fourth-order valence-corrected chi connectivity index (χ4v) is 4.12. The fourth-order valence-electron chi connectivity index (χ4n) is 2.10. The maximum Gasteiger partial charge on any atom is 0.127 e. The van der Waals surface area contributed by atoms with Crippen LogP contribution in [0.15, 0.2) is 28.1 Å². The van der Waals surface area contributed by atoms with E-state index in [0.29, 0.717) is 17.0 Å². The summed E-state index contributed by atoms with van der Waals surface area (Å²) in [5.41, 5.74) is 1.74. The Labute approximate surface area is 129 Å². The second-order valence-corrected chi connectivity index (χ2v) is 7.35. The van der Waals surface area contributed by atoms with E-state index < -0.39 is 0 Å². The van der Waals surface area contributed by atoms with Crippen molar-refractivity contribution in [2.45, 2.75) is 19.4 Å². The minimum atomic E-state index is -0.250. The first-order valence-corrected chi connectivity index (χ1v) is 7.87. The molecular weight excluding hydrogens is 349 g/mol. The van der Waals surface area contributed by atoms with Crippen molar-refractivity contribution in [1.82, 2.24) is 5.32 Å². The molecule has 0 aliphatic carbocycles. The first kappa shape index (κ1) is 15.0. The van der Waals surface area contributed by atoms with E-state index in [1.165, 1.54) is 16.5 Å². The van der Waals surface area contributed by atoms with Crippen molar-refractivity contribution in [2.24, 2.45) is 0 Å². The van der Waals surface area contributed by atoms with Crippen LogP contribution >= 0.6 is 38.9 Å². The average molecular weight is 363 g/mol. The van der Waals surface area contributed by atoms with Gasteiger partial charge in [-0.25, -0.2) is 4.39 Å². The van der Waals surface area contributed by atoms with Gasteiger partial charge in [0.2, 0.25) is 0 Å². The van der Waals surface area contributed by atoms with Gasteiger partial charge in [-0.2, -0.15) is 0 Å². The molecule has 1 unspecified atom stereocenters. The Bertz CT molecular complexity index is 565. The first-order chi connectivity index (χ1) is 9.02. The van der Waals surface area contributed by atoms with Crippen molar-refractivity contribution in [1.29, 1.82) is 0 Å². The summed E-state index contributed by atoms with van der Waals surface area (Å²) in [5.74, 6) is -0.250. The minimum absolute atomic E-state index is 0.0527. The molecule has 1 aromatic heterocycles. The summed E-state index contributed by atoms with van der Waals surface area (Å²) in [6, 6.07) is 6.93. The van der Waals surface area contributed by atoms with Gasteiger partial charge in [0.15, 0.2) is 0 Å². The zero-order valence-corrected chi connectivity index (χ0v) is 13.8. The van der Waals surface area contributed by atoms with Crippen molar-refractivity contribution in [3.63, 3.8) is 0 Å². The maximum absolute atomic E-state index is 13.8. The monoisotopic (exact) mass is 361 g/mol. The van der Waals surface area contributed by atoms with Crippen molar-refractivity contribution in [2.75, 3.05) is 7.05 Å². The minimum Gasteiger partial charge on any atom is -0.313 e. The van der Waals surface area contributed by atoms with Gasteiger partial charge >= 0.3 is 0 Å². The number of thiophene rings is 1. The molecule has 0 bridgehead atoms. The van der Waals surface area contributed by atoms with Crippen LogP contribution in [-0.2, 0) is 6.42 Å². The van der Waals surface area contributed by atoms with Crippen LogP contribution in [0, 0.1) is 12.7 Å². The lowest BCUT2D eigenvalue weighted by molar-refractivity contribution is 0.554. The Morgan fingerprint density at radius 2 is 2.21 bits per heavy atom. The quantitative estimate of drug-likeness (QED) is 0.796. The molecule has 1 nitrogen and oxygen atoms in total. The lowest BCUT2D eigenvalue weighted by atomic mass is 9.99. The zero-order chi connectivity index (χ0) is 14.0. The van der Waals surface area contributed by atoms with Gasteiger partial charge in [-0.3, -0.25) is 0 Å². The number of likely N-dealkylation sites (N-methyl/N-ethyl adjacent to an activating group) is 1. The molecule has 1 atom stereocenters. The van der Waals surface area contributed by atoms with Gasteiger partial charge in [-0.1, -0.05) is 17.7 Å². The SMILES string of the molecule is CNC(Cc1c(F)cccc1Cl)c1cc(Br)sc1C. The molecule has 0 saturated heterocycles. The second-order valence-electron chi connectivity index (χ2n) is 4.31. The van der Waals surface area contributed by atoms with Gasteiger partial charge in [0, 0.05) is 21.5 Å². The van der Waals surface area contributed by atoms with Crippen LogP contribution in [0.5, 0.6) is 0 Å². The molecule has 19 heavy (non-hydrogen) atoms. The van der Waals surface area contributed by atoms with E-state index in [0.717, 1.165) is 3.79 Å². The zero-order valence-electron chi connectivity index (χ0n) is 10.6. The van der Waals surface area contributed by atoms with E-state index in [9.17, 15) is 4.39 Å². The fraction of sp³-hybridized carbons (Fsp3) is 0.286. The van der Waals surface area contributed by atoms with E-state index in [1.807, 2.05) is 7.05 Å². The number of benzene rings is 1. The van der Waals surface area contributed by atoms with Crippen molar-refractivity contribution >= 4 is 38.9 Å². The van der Waals surface area contributed by atoms with Gasteiger partial charge in [-0.15, -0.1) is 11.3 Å². The van der Waals surface area contributed by atoms with E-state index >= 15 is 0 Å². The first-order valence-electron chi connectivity index (χ1n) is 5.89. The highest BCUT2D eigenvalue weighted by Gasteiger charge is 2.18. The summed E-state index contributed by atoms with van der Waals surface area (Å²) < 4.78 is 14.9. The lowest BCUT2D eigenvalue weighted by Gasteiger charge is -2.17. The number of nitrogens with one attached hydrogen (secondary N) is 1. The molecule has 0 radical (unpaired) electrons. The third kappa shape index (κ3) is 3.37. The number of hydrogen-bond donors (Lipinski definition) is 1. The molecular formula is C14H14BrClFNS. The molecule has 0 fully saturated rings. The van der Waals surface area contributed by atoms with Crippen molar-refractivity contribution < 1.29 is 4.39 Å². The Morgan fingerprint density at radius 3 is 2.74 bits per heavy atom. The number of rotatable bonds is 4. The van der Waals surface area contributed by atoms with Crippen LogP contribution in [0.3, 0.4) is 0 Å². The second kappa shape index (κ2) is 6.35. The molecule has 2 aromatic rings. The largest absolute Gasteiger partial charge is 0.313 e. The van der Waals surface area contributed by atoms with Crippen LogP contribution in [0.1, 0.15) is 22.0 Å². The Morgan fingerprint density at radius 1 is 1.47 bits per heavy atom. The standard InChI is InChI=1S/C14H14BrClFNS/c1-8-9(7-14(15)19-8)13(18-2)6-10-11(16)4-3-5-12(10)17/h3-5,7,13,18H,6H2,1-2H3. The normalized spacial score (nSPS) is 12.7. The van der Waals surface area contributed by atoms with Crippen LogP contribution in [0.25, 0.3) is 0 Å². The highest BCUT2D eigenvalue weighted by atomic mass is 79.9. The van der Waals surface area contributed by atoms with Gasteiger partial charge in [0.1, 0.15) is 5.82 Å². The molecule has 1 aromatic carbocycles. The summed E-state index contributed by atoms with van der Waals surface area (Å²) >= 11 is 11.3.